The number of thiazole rings is 1. The van der Waals surface area contributed by atoms with Crippen molar-refractivity contribution in [1.29, 1.82) is 0 Å². The maximum absolute atomic E-state index is 13.5. The highest BCUT2D eigenvalue weighted by Crippen LogP contribution is 2.36. The van der Waals surface area contributed by atoms with E-state index in [4.69, 9.17) is 9.47 Å². The number of ether oxygens (including phenoxy) is 2. The first-order valence-corrected chi connectivity index (χ1v) is 15.3. The van der Waals surface area contributed by atoms with Crippen LogP contribution in [-0.2, 0) is 30.7 Å². The van der Waals surface area contributed by atoms with Crippen molar-refractivity contribution in [1.82, 2.24) is 9.71 Å². The van der Waals surface area contributed by atoms with E-state index in [1.165, 1.54) is 11.3 Å². The van der Waals surface area contributed by atoms with Gasteiger partial charge in [0, 0.05) is 35.0 Å². The van der Waals surface area contributed by atoms with Crippen molar-refractivity contribution in [2.45, 2.75) is 84.0 Å². The maximum atomic E-state index is 13.5. The minimum absolute atomic E-state index is 0.121. The summed E-state index contributed by atoms with van der Waals surface area (Å²) in [4.78, 5) is 29.2. The Bertz CT molecular complexity index is 1440. The molecule has 0 radical (unpaired) electrons. The number of aryl methyl sites for hydroxylation is 1. The molecule has 0 aliphatic carbocycles. The number of hydrogen-bond acceptors (Lipinski definition) is 8. The van der Waals surface area contributed by atoms with E-state index in [-0.39, 0.29) is 29.5 Å². The zero-order valence-corrected chi connectivity index (χ0v) is 25.5. The highest BCUT2D eigenvalue weighted by atomic mass is 32.2. The molecule has 1 aromatic heterocycles. The van der Waals surface area contributed by atoms with Crippen LogP contribution < -0.4 is 10.0 Å². The number of rotatable bonds is 10. The third-order valence-electron chi connectivity index (χ3n) is 5.25. The predicted molar refractivity (Wildman–Crippen MR) is 158 cm³/mol. The lowest BCUT2D eigenvalue weighted by Crippen LogP contribution is -2.40. The molecule has 0 bridgehead atoms. The molecular weight excluding hydrogens is 550 g/mol. The molecule has 0 atom stereocenters. The number of nitrogens with one attached hydrogen (secondary N) is 2. The summed E-state index contributed by atoms with van der Waals surface area (Å²) in [7, 11) is -3.90. The molecule has 9 nitrogen and oxygen atoms in total. The van der Waals surface area contributed by atoms with Crippen LogP contribution in [0.15, 0.2) is 53.6 Å². The van der Waals surface area contributed by atoms with Crippen LogP contribution in [0.1, 0.15) is 60.5 Å². The Kier molecular flexibility index (Phi) is 10.1. The molecule has 1 amide bonds. The molecule has 0 saturated carbocycles. The summed E-state index contributed by atoms with van der Waals surface area (Å²) in [6, 6.07) is 12.3. The summed E-state index contributed by atoms with van der Waals surface area (Å²) in [6.07, 6.45) is 1.18. The van der Waals surface area contributed by atoms with Crippen molar-refractivity contribution >= 4 is 39.1 Å². The smallest absolute Gasteiger partial charge is 0.411 e. The van der Waals surface area contributed by atoms with Crippen LogP contribution in [0.2, 0.25) is 0 Å². The zero-order chi connectivity index (χ0) is 29.7. The third-order valence-corrected chi connectivity index (χ3v) is 8.13. The number of esters is 1. The predicted octanol–water partition coefficient (Wildman–Crippen LogP) is 6.40. The van der Waals surface area contributed by atoms with Crippen molar-refractivity contribution in [2.75, 3.05) is 5.32 Å². The quantitative estimate of drug-likeness (QED) is 0.263. The van der Waals surface area contributed by atoms with Gasteiger partial charge >= 0.3 is 12.1 Å². The van der Waals surface area contributed by atoms with Gasteiger partial charge in [-0.1, -0.05) is 12.1 Å². The first-order chi connectivity index (χ1) is 18.6. The number of carbonyl (C=O) groups is 2. The van der Waals surface area contributed by atoms with Gasteiger partial charge in [0.05, 0.1) is 22.0 Å². The topological polar surface area (TPSA) is 124 Å². The van der Waals surface area contributed by atoms with Crippen molar-refractivity contribution < 1.29 is 27.5 Å². The Labute approximate surface area is 240 Å². The second-order valence-electron chi connectivity index (χ2n) is 10.9. The Morgan fingerprint density at radius 3 is 2.23 bits per heavy atom. The van der Waals surface area contributed by atoms with Crippen LogP contribution >= 0.6 is 11.3 Å². The fourth-order valence-corrected chi connectivity index (χ4v) is 6.48. The van der Waals surface area contributed by atoms with Crippen molar-refractivity contribution in [3.05, 3.63) is 54.2 Å². The largest absolute Gasteiger partial charge is 0.463 e. The summed E-state index contributed by atoms with van der Waals surface area (Å²) in [5.41, 5.74) is 1.94. The molecule has 216 valence electrons. The fraction of sp³-hybridized carbons (Fsp3) is 0.414. The molecule has 3 rings (SSSR count). The zero-order valence-electron chi connectivity index (χ0n) is 23.9. The lowest BCUT2D eigenvalue weighted by Gasteiger charge is -2.22. The van der Waals surface area contributed by atoms with Crippen LogP contribution in [0.25, 0.3) is 21.0 Å². The van der Waals surface area contributed by atoms with E-state index in [9.17, 15) is 18.0 Å². The summed E-state index contributed by atoms with van der Waals surface area (Å²) >= 11 is 1.36. The normalized spacial score (nSPS) is 12.0. The Morgan fingerprint density at radius 1 is 0.975 bits per heavy atom. The van der Waals surface area contributed by atoms with Crippen molar-refractivity contribution in [3.8, 4) is 21.0 Å². The number of nitrogens with zero attached hydrogens (tertiary/aromatic N) is 1. The number of carbonyl (C=O) groups excluding carboxylic acids is 2. The average molecular weight is 588 g/mol. The molecule has 0 saturated heterocycles. The number of hydrogen-bond donors (Lipinski definition) is 2. The van der Waals surface area contributed by atoms with E-state index in [0.29, 0.717) is 33.1 Å². The second-order valence-corrected chi connectivity index (χ2v) is 13.6. The van der Waals surface area contributed by atoms with Gasteiger partial charge in [0.2, 0.25) is 10.0 Å². The van der Waals surface area contributed by atoms with Gasteiger partial charge in [-0.05, 0) is 90.8 Å². The van der Waals surface area contributed by atoms with Crippen LogP contribution in [0, 0.1) is 0 Å². The molecule has 3 aromatic rings. The second kappa shape index (κ2) is 12.9. The lowest BCUT2D eigenvalue weighted by molar-refractivity contribution is -0.147. The molecule has 11 heteroatoms. The minimum Gasteiger partial charge on any atom is -0.463 e. The standard InChI is InChI=1S/C29H37N3O6S2/c1-18(2)37-26(33)15-9-20-8-14-23(25(16-20)40(35,36)32-29(5,6)7)24-17-30-27(39-24)21-10-12-22(13-11-21)31-28(34)38-19(3)4/h8,10-14,16-19,32H,9,15H2,1-7H3,(H,31,34). The number of sulfonamides is 1. The summed E-state index contributed by atoms with van der Waals surface area (Å²) in [6.45, 7) is 12.5. The van der Waals surface area contributed by atoms with Gasteiger partial charge < -0.3 is 9.47 Å². The van der Waals surface area contributed by atoms with Gasteiger partial charge in [0.25, 0.3) is 0 Å². The van der Waals surface area contributed by atoms with Gasteiger partial charge in [0.1, 0.15) is 5.01 Å². The molecule has 40 heavy (non-hydrogen) atoms. The first-order valence-electron chi connectivity index (χ1n) is 13.0. The fourth-order valence-electron chi connectivity index (χ4n) is 3.76. The highest BCUT2D eigenvalue weighted by molar-refractivity contribution is 7.89. The Morgan fingerprint density at radius 2 is 1.62 bits per heavy atom. The summed E-state index contributed by atoms with van der Waals surface area (Å²) in [5.74, 6) is -0.332. The van der Waals surface area contributed by atoms with Crippen molar-refractivity contribution in [2.24, 2.45) is 0 Å². The van der Waals surface area contributed by atoms with E-state index in [0.717, 1.165) is 5.56 Å². The van der Waals surface area contributed by atoms with Crippen LogP contribution in [-0.4, -0.2) is 43.2 Å². The SMILES string of the molecule is CC(C)OC(=O)CCc1ccc(-c2cnc(-c3ccc(NC(=O)OC(C)C)cc3)s2)c(S(=O)(=O)NC(C)(C)C)c1. The monoisotopic (exact) mass is 587 g/mol. The van der Waals surface area contributed by atoms with E-state index in [1.807, 2.05) is 18.2 Å². The van der Waals surface area contributed by atoms with Crippen LogP contribution in [0.3, 0.4) is 0 Å². The average Bonchev–Trinajstić information content (AvgIpc) is 3.31. The summed E-state index contributed by atoms with van der Waals surface area (Å²) in [5, 5.41) is 3.37. The molecule has 0 unspecified atom stereocenters. The Balaban J connectivity index is 1.90. The van der Waals surface area contributed by atoms with Crippen LogP contribution in [0.4, 0.5) is 10.5 Å². The molecule has 0 fully saturated rings. The molecule has 0 spiro atoms. The van der Waals surface area contributed by atoms with Gasteiger partial charge in [-0.25, -0.2) is 22.9 Å². The highest BCUT2D eigenvalue weighted by Gasteiger charge is 2.26. The molecular formula is C29H37N3O6S2. The van der Waals surface area contributed by atoms with E-state index in [2.05, 4.69) is 15.0 Å². The molecule has 0 aliphatic rings. The number of anilines is 1. The molecule has 0 aliphatic heterocycles. The summed E-state index contributed by atoms with van der Waals surface area (Å²) < 4.78 is 40.0. The maximum Gasteiger partial charge on any atom is 0.411 e. The Hall–Kier alpha value is -3.28. The third kappa shape index (κ3) is 9.14. The minimum atomic E-state index is -3.90. The number of benzene rings is 2. The number of aromatic nitrogens is 1. The van der Waals surface area contributed by atoms with Gasteiger partial charge in [-0.2, -0.15) is 0 Å². The van der Waals surface area contributed by atoms with Crippen LogP contribution in [0.5, 0.6) is 0 Å². The van der Waals surface area contributed by atoms with E-state index >= 15 is 0 Å². The van der Waals surface area contributed by atoms with E-state index < -0.39 is 21.7 Å². The molecule has 2 N–H and O–H groups in total. The molecule has 2 aromatic carbocycles. The lowest BCUT2D eigenvalue weighted by atomic mass is 10.1. The van der Waals surface area contributed by atoms with Gasteiger partial charge in [-0.15, -0.1) is 11.3 Å². The van der Waals surface area contributed by atoms with Gasteiger partial charge in [-0.3, -0.25) is 10.1 Å². The van der Waals surface area contributed by atoms with Crippen molar-refractivity contribution in [3.63, 3.8) is 0 Å². The van der Waals surface area contributed by atoms with Gasteiger partial charge in [0.15, 0.2) is 0 Å². The molecule has 1 heterocycles. The van der Waals surface area contributed by atoms with E-state index in [1.54, 1.807) is 78.9 Å². The number of amides is 1. The first kappa shape index (κ1) is 31.3.